The predicted octanol–water partition coefficient (Wildman–Crippen LogP) is 4.57. The maximum atomic E-state index is 12.6. The molecule has 1 aliphatic rings. The Morgan fingerprint density at radius 2 is 1.81 bits per heavy atom. The van der Waals surface area contributed by atoms with Crippen LogP contribution >= 0.6 is 15.9 Å². The number of halogens is 1. The third-order valence-electron chi connectivity index (χ3n) is 5.14. The van der Waals surface area contributed by atoms with Gasteiger partial charge < -0.3 is 10.2 Å². The van der Waals surface area contributed by atoms with Crippen molar-refractivity contribution in [3.05, 3.63) is 64.1 Å². The summed E-state index contributed by atoms with van der Waals surface area (Å²) < 4.78 is 1.00. The van der Waals surface area contributed by atoms with Crippen molar-refractivity contribution >= 4 is 33.4 Å². The van der Waals surface area contributed by atoms with Gasteiger partial charge in [0.1, 0.15) is 0 Å². The quantitative estimate of drug-likeness (QED) is 0.757. The predicted molar refractivity (Wildman–Crippen MR) is 112 cm³/mol. The average Bonchev–Trinajstić information content (AvgIpc) is 2.69. The van der Waals surface area contributed by atoms with Gasteiger partial charge in [-0.25, -0.2) is 0 Å². The zero-order chi connectivity index (χ0) is 19.2. The molecule has 0 unspecified atom stereocenters. The number of benzene rings is 2. The van der Waals surface area contributed by atoms with E-state index in [1.807, 2.05) is 60.4 Å². The molecule has 0 saturated carbocycles. The van der Waals surface area contributed by atoms with Crippen LogP contribution in [0.1, 0.15) is 30.4 Å². The van der Waals surface area contributed by atoms with Gasteiger partial charge in [0.15, 0.2) is 0 Å². The smallest absolute Gasteiger partial charge is 0.227 e. The number of hydrogen-bond acceptors (Lipinski definition) is 2. The molecule has 1 saturated heterocycles. The summed E-state index contributed by atoms with van der Waals surface area (Å²) in [6.45, 7) is 3.30. The standard InChI is InChI=1S/C22H25BrN2O2/c1-16-15-19(23)8-9-20(16)24-22(27)18-11-13-25(14-12-18)21(26)10-7-17-5-3-2-4-6-17/h2-6,8-9,15,18H,7,10-14H2,1H3,(H,24,27). The van der Waals surface area contributed by atoms with Gasteiger partial charge in [-0.3, -0.25) is 9.59 Å². The van der Waals surface area contributed by atoms with Crippen molar-refractivity contribution in [2.75, 3.05) is 18.4 Å². The molecule has 4 nitrogen and oxygen atoms in total. The molecule has 2 aromatic carbocycles. The van der Waals surface area contributed by atoms with E-state index in [4.69, 9.17) is 0 Å². The first-order chi connectivity index (χ1) is 13.0. The normalized spacial score (nSPS) is 14.8. The maximum absolute atomic E-state index is 12.6. The lowest BCUT2D eigenvalue weighted by Gasteiger charge is -2.31. The van der Waals surface area contributed by atoms with E-state index in [-0.39, 0.29) is 17.7 Å². The number of piperidine rings is 1. The van der Waals surface area contributed by atoms with Gasteiger partial charge in [-0.05, 0) is 55.5 Å². The summed E-state index contributed by atoms with van der Waals surface area (Å²) in [5.74, 6) is 0.199. The zero-order valence-corrected chi connectivity index (χ0v) is 17.2. The number of nitrogens with one attached hydrogen (secondary N) is 1. The largest absolute Gasteiger partial charge is 0.343 e. The molecule has 0 spiro atoms. The number of nitrogens with zero attached hydrogens (tertiary/aromatic N) is 1. The highest BCUT2D eigenvalue weighted by molar-refractivity contribution is 9.10. The molecule has 1 N–H and O–H groups in total. The lowest BCUT2D eigenvalue weighted by Crippen LogP contribution is -2.41. The second kappa shape index (κ2) is 9.18. The number of hydrogen-bond donors (Lipinski definition) is 1. The van der Waals surface area contributed by atoms with Crippen molar-refractivity contribution in [2.24, 2.45) is 5.92 Å². The molecule has 5 heteroatoms. The number of amides is 2. The number of carbonyl (C=O) groups is 2. The van der Waals surface area contributed by atoms with Gasteiger partial charge >= 0.3 is 0 Å². The lowest BCUT2D eigenvalue weighted by molar-refractivity contribution is -0.134. The van der Waals surface area contributed by atoms with Crippen LogP contribution in [-0.4, -0.2) is 29.8 Å². The first-order valence-electron chi connectivity index (χ1n) is 9.41. The molecule has 0 bridgehead atoms. The van der Waals surface area contributed by atoms with Gasteiger partial charge in [0.25, 0.3) is 0 Å². The molecule has 1 heterocycles. The summed E-state index contributed by atoms with van der Waals surface area (Å²) in [6, 6.07) is 15.9. The molecule has 2 aromatic rings. The van der Waals surface area contributed by atoms with E-state index < -0.39 is 0 Å². The summed E-state index contributed by atoms with van der Waals surface area (Å²) in [7, 11) is 0. The minimum atomic E-state index is -0.0359. The second-order valence-electron chi connectivity index (χ2n) is 7.09. The molecule has 0 aromatic heterocycles. The highest BCUT2D eigenvalue weighted by atomic mass is 79.9. The Kier molecular flexibility index (Phi) is 6.67. The van der Waals surface area contributed by atoms with Crippen LogP contribution in [0.4, 0.5) is 5.69 Å². The minimum absolute atomic E-state index is 0.0359. The van der Waals surface area contributed by atoms with E-state index in [0.717, 1.165) is 35.0 Å². The van der Waals surface area contributed by atoms with E-state index in [1.54, 1.807) is 0 Å². The van der Waals surface area contributed by atoms with Crippen molar-refractivity contribution in [1.82, 2.24) is 4.90 Å². The Morgan fingerprint density at radius 3 is 2.48 bits per heavy atom. The molecule has 2 amide bonds. The molecule has 0 atom stereocenters. The fourth-order valence-electron chi connectivity index (χ4n) is 3.45. The lowest BCUT2D eigenvalue weighted by atomic mass is 9.95. The number of likely N-dealkylation sites (tertiary alicyclic amines) is 1. The van der Waals surface area contributed by atoms with Gasteiger partial charge in [-0.2, -0.15) is 0 Å². The van der Waals surface area contributed by atoms with Crippen molar-refractivity contribution in [3.8, 4) is 0 Å². The Balaban J connectivity index is 1.46. The van der Waals surface area contributed by atoms with Gasteiger partial charge in [-0.15, -0.1) is 0 Å². The molecule has 3 rings (SSSR count). The minimum Gasteiger partial charge on any atom is -0.343 e. The number of anilines is 1. The number of aryl methyl sites for hydroxylation is 2. The van der Waals surface area contributed by atoms with Crippen LogP contribution in [0.5, 0.6) is 0 Å². The zero-order valence-electron chi connectivity index (χ0n) is 15.6. The monoisotopic (exact) mass is 428 g/mol. The van der Waals surface area contributed by atoms with Crippen LogP contribution < -0.4 is 5.32 Å². The van der Waals surface area contributed by atoms with Crippen LogP contribution in [-0.2, 0) is 16.0 Å². The van der Waals surface area contributed by atoms with Crippen molar-refractivity contribution in [1.29, 1.82) is 0 Å². The first-order valence-corrected chi connectivity index (χ1v) is 10.2. The van der Waals surface area contributed by atoms with E-state index in [0.29, 0.717) is 19.5 Å². The van der Waals surface area contributed by atoms with Crippen molar-refractivity contribution < 1.29 is 9.59 Å². The third-order valence-corrected chi connectivity index (χ3v) is 5.63. The van der Waals surface area contributed by atoms with Crippen molar-refractivity contribution in [3.63, 3.8) is 0 Å². The molecule has 0 radical (unpaired) electrons. The van der Waals surface area contributed by atoms with Gasteiger partial charge in [0, 0.05) is 35.6 Å². The second-order valence-corrected chi connectivity index (χ2v) is 8.00. The van der Waals surface area contributed by atoms with Crippen molar-refractivity contribution in [2.45, 2.75) is 32.6 Å². The molecule has 0 aliphatic carbocycles. The van der Waals surface area contributed by atoms with Gasteiger partial charge in [0.2, 0.25) is 11.8 Å². The summed E-state index contributed by atoms with van der Waals surface area (Å²) in [6.07, 6.45) is 2.73. The molecule has 1 fully saturated rings. The van der Waals surface area contributed by atoms with E-state index in [9.17, 15) is 9.59 Å². The molecular weight excluding hydrogens is 404 g/mol. The molecule has 1 aliphatic heterocycles. The SMILES string of the molecule is Cc1cc(Br)ccc1NC(=O)C1CCN(C(=O)CCc2ccccc2)CC1. The van der Waals surface area contributed by atoms with Crippen LogP contribution in [0, 0.1) is 12.8 Å². The first kappa shape index (κ1) is 19.6. The summed E-state index contributed by atoms with van der Waals surface area (Å²) in [5.41, 5.74) is 3.07. The molecule has 142 valence electrons. The molecule has 27 heavy (non-hydrogen) atoms. The number of carbonyl (C=O) groups excluding carboxylic acids is 2. The number of rotatable bonds is 5. The third kappa shape index (κ3) is 5.42. The topological polar surface area (TPSA) is 49.4 Å². The van der Waals surface area contributed by atoms with Gasteiger partial charge in [0.05, 0.1) is 0 Å². The fourth-order valence-corrected chi connectivity index (χ4v) is 3.92. The highest BCUT2D eigenvalue weighted by Crippen LogP contribution is 2.24. The van der Waals surface area contributed by atoms with E-state index >= 15 is 0 Å². The van der Waals surface area contributed by atoms with Crippen LogP contribution in [0.3, 0.4) is 0 Å². The van der Waals surface area contributed by atoms with E-state index in [1.165, 1.54) is 5.56 Å². The molecular formula is C22H25BrN2O2. The fraction of sp³-hybridized carbons (Fsp3) is 0.364. The summed E-state index contributed by atoms with van der Waals surface area (Å²) >= 11 is 3.44. The Hall–Kier alpha value is -2.14. The highest BCUT2D eigenvalue weighted by Gasteiger charge is 2.27. The van der Waals surface area contributed by atoms with E-state index in [2.05, 4.69) is 21.2 Å². The average molecular weight is 429 g/mol. The van der Waals surface area contributed by atoms with Crippen LogP contribution in [0.15, 0.2) is 53.0 Å². The van der Waals surface area contributed by atoms with Gasteiger partial charge in [-0.1, -0.05) is 46.3 Å². The Bertz CT molecular complexity index is 799. The summed E-state index contributed by atoms with van der Waals surface area (Å²) in [4.78, 5) is 26.9. The Labute approximate surface area is 169 Å². The van der Waals surface area contributed by atoms with Crippen LogP contribution in [0.25, 0.3) is 0 Å². The maximum Gasteiger partial charge on any atom is 0.227 e. The van der Waals surface area contributed by atoms with Crippen LogP contribution in [0.2, 0.25) is 0 Å². The summed E-state index contributed by atoms with van der Waals surface area (Å²) in [5, 5.41) is 3.03. The Morgan fingerprint density at radius 1 is 1.11 bits per heavy atom.